The molecule has 0 atom stereocenters. The van der Waals surface area contributed by atoms with Crippen molar-refractivity contribution in [2.75, 3.05) is 13.1 Å². The maximum Gasteiger partial charge on any atom is 0.241 e. The Hall–Kier alpha value is -0.960. The number of hydrogen-bond acceptors (Lipinski definition) is 4. The summed E-state index contributed by atoms with van der Waals surface area (Å²) in [5, 5.41) is 0. The van der Waals surface area contributed by atoms with Crippen LogP contribution < -0.4 is 9.44 Å². The maximum absolute atomic E-state index is 12.3. The minimum absolute atomic E-state index is 0.213. The van der Waals surface area contributed by atoms with Crippen LogP contribution in [0.1, 0.15) is 39.5 Å². The van der Waals surface area contributed by atoms with Crippen LogP contribution in [-0.2, 0) is 20.0 Å². The van der Waals surface area contributed by atoms with Gasteiger partial charge in [0.15, 0.2) is 0 Å². The summed E-state index contributed by atoms with van der Waals surface area (Å²) in [5.41, 5.74) is 0. The average molecular weight is 348 g/mol. The molecule has 0 radical (unpaired) electrons. The summed E-state index contributed by atoms with van der Waals surface area (Å²) in [5.74, 6) is 0. The quantitative estimate of drug-likeness (QED) is 0.631. The first-order valence-electron chi connectivity index (χ1n) is 7.43. The van der Waals surface area contributed by atoms with Crippen molar-refractivity contribution >= 4 is 20.0 Å². The first-order valence-corrected chi connectivity index (χ1v) is 10.4. The fraction of sp³-hybridized carbons (Fsp3) is 0.571. The number of hydrogen-bond donors (Lipinski definition) is 2. The van der Waals surface area contributed by atoms with Crippen LogP contribution in [0.3, 0.4) is 0 Å². The minimum atomic E-state index is -3.85. The lowest BCUT2D eigenvalue weighted by atomic mass is 10.3. The van der Waals surface area contributed by atoms with Gasteiger partial charge in [-0.25, -0.2) is 26.3 Å². The van der Waals surface area contributed by atoms with Crippen molar-refractivity contribution in [2.45, 2.75) is 49.3 Å². The standard InChI is InChI=1S/C14H24N2O4S2/c1-3-5-11-15-21(17,18)13-9-7-8-10-14(13)22(19,20)16-12-6-4-2/h7-10,15-16H,3-6,11-12H2,1-2H3. The van der Waals surface area contributed by atoms with Crippen molar-refractivity contribution in [1.29, 1.82) is 0 Å². The van der Waals surface area contributed by atoms with Crippen LogP contribution in [0.15, 0.2) is 34.1 Å². The van der Waals surface area contributed by atoms with Gasteiger partial charge in [-0.2, -0.15) is 0 Å². The molecule has 0 spiro atoms. The number of nitrogens with one attached hydrogen (secondary N) is 2. The van der Waals surface area contributed by atoms with Gasteiger partial charge in [0, 0.05) is 13.1 Å². The van der Waals surface area contributed by atoms with Gasteiger partial charge in [-0.15, -0.1) is 0 Å². The lowest BCUT2D eigenvalue weighted by Gasteiger charge is -2.12. The number of rotatable bonds is 10. The largest absolute Gasteiger partial charge is 0.241 e. The first kappa shape index (κ1) is 19.1. The van der Waals surface area contributed by atoms with Crippen LogP contribution in [0.4, 0.5) is 0 Å². The molecule has 1 aromatic carbocycles. The SMILES string of the molecule is CCCCNS(=O)(=O)c1ccccc1S(=O)(=O)NCCCC. The maximum atomic E-state index is 12.3. The Balaban J connectivity index is 3.08. The average Bonchev–Trinajstić information content (AvgIpc) is 2.47. The molecule has 0 fully saturated rings. The Kier molecular flexibility index (Phi) is 7.47. The van der Waals surface area contributed by atoms with Crippen LogP contribution >= 0.6 is 0 Å². The summed E-state index contributed by atoms with van der Waals surface area (Å²) in [4.78, 5) is -0.426. The van der Waals surface area contributed by atoms with E-state index in [9.17, 15) is 16.8 Å². The van der Waals surface area contributed by atoms with E-state index in [0.29, 0.717) is 12.8 Å². The molecule has 0 aliphatic carbocycles. The molecule has 1 rings (SSSR count). The van der Waals surface area contributed by atoms with Gasteiger partial charge in [-0.1, -0.05) is 38.8 Å². The minimum Gasteiger partial charge on any atom is -0.211 e. The van der Waals surface area contributed by atoms with Gasteiger partial charge in [-0.05, 0) is 25.0 Å². The van der Waals surface area contributed by atoms with Crippen molar-refractivity contribution in [2.24, 2.45) is 0 Å². The highest BCUT2D eigenvalue weighted by atomic mass is 32.2. The second-order valence-corrected chi connectivity index (χ2v) is 8.42. The van der Waals surface area contributed by atoms with Crippen molar-refractivity contribution in [3.63, 3.8) is 0 Å². The summed E-state index contributed by atoms with van der Waals surface area (Å²) >= 11 is 0. The highest BCUT2D eigenvalue weighted by molar-refractivity contribution is 7.92. The second-order valence-electron chi connectivity index (χ2n) is 4.95. The van der Waals surface area contributed by atoms with Crippen molar-refractivity contribution in [1.82, 2.24) is 9.44 Å². The zero-order chi connectivity index (χ0) is 16.6. The van der Waals surface area contributed by atoms with Gasteiger partial charge in [0.1, 0.15) is 9.79 Å². The molecular formula is C14H24N2O4S2. The molecule has 0 aromatic heterocycles. The summed E-state index contributed by atoms with van der Waals surface area (Å²) in [6.45, 7) is 4.47. The Morgan fingerprint density at radius 2 is 1.14 bits per heavy atom. The van der Waals surface area contributed by atoms with E-state index < -0.39 is 20.0 Å². The zero-order valence-electron chi connectivity index (χ0n) is 13.0. The summed E-state index contributed by atoms with van der Waals surface area (Å²) in [6.07, 6.45) is 3.09. The molecule has 0 aliphatic rings. The van der Waals surface area contributed by atoms with E-state index in [1.54, 1.807) is 0 Å². The molecule has 0 saturated heterocycles. The highest BCUT2D eigenvalue weighted by Gasteiger charge is 2.25. The Labute approximate surface area is 133 Å². The van der Waals surface area contributed by atoms with E-state index in [1.165, 1.54) is 24.3 Å². The topological polar surface area (TPSA) is 92.3 Å². The highest BCUT2D eigenvalue weighted by Crippen LogP contribution is 2.20. The molecule has 126 valence electrons. The van der Waals surface area contributed by atoms with Crippen molar-refractivity contribution < 1.29 is 16.8 Å². The fourth-order valence-corrected chi connectivity index (χ4v) is 4.79. The Morgan fingerprint density at radius 1 is 0.773 bits per heavy atom. The van der Waals surface area contributed by atoms with Gasteiger partial charge in [0.05, 0.1) is 0 Å². The van der Waals surface area contributed by atoms with Crippen molar-refractivity contribution in [3.05, 3.63) is 24.3 Å². The smallest absolute Gasteiger partial charge is 0.211 e. The molecule has 0 bridgehead atoms. The summed E-state index contributed by atoms with van der Waals surface area (Å²) in [7, 11) is -7.69. The van der Waals surface area contributed by atoms with Gasteiger partial charge < -0.3 is 0 Å². The molecule has 0 amide bonds. The van der Waals surface area contributed by atoms with Crippen LogP contribution in [0, 0.1) is 0 Å². The molecule has 8 heteroatoms. The molecule has 1 aromatic rings. The van der Waals surface area contributed by atoms with E-state index in [2.05, 4.69) is 9.44 Å². The zero-order valence-corrected chi connectivity index (χ0v) is 14.6. The van der Waals surface area contributed by atoms with Crippen molar-refractivity contribution in [3.8, 4) is 0 Å². The van der Waals surface area contributed by atoms with E-state index in [-0.39, 0.29) is 22.9 Å². The molecule has 0 heterocycles. The van der Waals surface area contributed by atoms with E-state index >= 15 is 0 Å². The van der Waals surface area contributed by atoms with Gasteiger partial charge >= 0.3 is 0 Å². The van der Waals surface area contributed by atoms with E-state index in [4.69, 9.17) is 0 Å². The third-order valence-electron chi connectivity index (χ3n) is 3.07. The fourth-order valence-electron chi connectivity index (χ4n) is 1.82. The summed E-state index contributed by atoms with van der Waals surface area (Å²) in [6, 6.07) is 5.64. The number of unbranched alkanes of at least 4 members (excludes halogenated alkanes) is 2. The molecule has 0 unspecified atom stereocenters. The van der Waals surface area contributed by atoms with Crippen LogP contribution in [-0.4, -0.2) is 29.9 Å². The summed E-state index contributed by atoms with van der Waals surface area (Å²) < 4.78 is 54.1. The first-order chi connectivity index (χ1) is 10.3. The van der Waals surface area contributed by atoms with Crippen LogP contribution in [0.2, 0.25) is 0 Å². The van der Waals surface area contributed by atoms with E-state index in [1.807, 2.05) is 13.8 Å². The third kappa shape index (κ3) is 5.35. The normalized spacial score (nSPS) is 12.5. The second kappa shape index (κ2) is 8.61. The molecule has 0 saturated carbocycles. The Bertz CT molecular complexity index is 611. The molecule has 6 nitrogen and oxygen atoms in total. The van der Waals surface area contributed by atoms with Crippen LogP contribution in [0.25, 0.3) is 0 Å². The van der Waals surface area contributed by atoms with E-state index in [0.717, 1.165) is 12.8 Å². The molecule has 22 heavy (non-hydrogen) atoms. The molecular weight excluding hydrogens is 324 g/mol. The predicted octanol–water partition coefficient (Wildman–Crippen LogP) is 1.84. The monoisotopic (exact) mass is 348 g/mol. The molecule has 2 N–H and O–H groups in total. The number of benzene rings is 1. The lowest BCUT2D eigenvalue weighted by molar-refractivity contribution is 0.564. The molecule has 0 aliphatic heterocycles. The Morgan fingerprint density at radius 3 is 1.45 bits per heavy atom. The number of sulfonamides is 2. The van der Waals surface area contributed by atoms with Gasteiger partial charge in [-0.3, -0.25) is 0 Å². The third-order valence-corrected chi connectivity index (χ3v) is 6.24. The lowest BCUT2D eigenvalue weighted by Crippen LogP contribution is -2.30. The van der Waals surface area contributed by atoms with Crippen LogP contribution in [0.5, 0.6) is 0 Å². The predicted molar refractivity (Wildman–Crippen MR) is 86.6 cm³/mol. The van der Waals surface area contributed by atoms with Gasteiger partial charge in [0.25, 0.3) is 0 Å². The van der Waals surface area contributed by atoms with Gasteiger partial charge in [0.2, 0.25) is 20.0 Å².